The Kier molecular flexibility index (Phi) is 3.14. The second-order valence-corrected chi connectivity index (χ2v) is 4.27. The van der Waals surface area contributed by atoms with E-state index in [4.69, 9.17) is 22.1 Å². The van der Waals surface area contributed by atoms with Gasteiger partial charge in [-0.25, -0.2) is 0 Å². The van der Waals surface area contributed by atoms with Gasteiger partial charge in [-0.15, -0.1) is 0 Å². The fourth-order valence-electron chi connectivity index (χ4n) is 1.21. The van der Waals surface area contributed by atoms with Crippen LogP contribution in [0.1, 0.15) is 5.56 Å². The molecule has 0 spiro atoms. The van der Waals surface area contributed by atoms with E-state index in [1.54, 1.807) is 29.5 Å². The standard InChI is InChI=1S/C11H10ClNOS/c12-9-2-1-3-10(13)11(9)14-6-8-4-5-15-7-8/h1-5,7H,6,13H2. The quantitative estimate of drug-likeness (QED) is 0.832. The van der Waals surface area contributed by atoms with Crippen molar-refractivity contribution in [2.24, 2.45) is 0 Å². The zero-order chi connectivity index (χ0) is 10.7. The fraction of sp³-hybridized carbons (Fsp3) is 0.0909. The first kappa shape index (κ1) is 10.3. The van der Waals surface area contributed by atoms with E-state index < -0.39 is 0 Å². The number of halogens is 1. The molecule has 0 aliphatic carbocycles. The molecule has 1 aromatic heterocycles. The van der Waals surface area contributed by atoms with Crippen molar-refractivity contribution in [3.05, 3.63) is 45.6 Å². The molecule has 2 rings (SSSR count). The number of benzene rings is 1. The Bertz CT molecular complexity index is 422. The first-order valence-corrected chi connectivity index (χ1v) is 5.77. The third kappa shape index (κ3) is 2.43. The Labute approximate surface area is 97.3 Å². The smallest absolute Gasteiger partial charge is 0.161 e. The van der Waals surface area contributed by atoms with Gasteiger partial charge >= 0.3 is 0 Å². The average molecular weight is 240 g/mol. The van der Waals surface area contributed by atoms with E-state index in [9.17, 15) is 0 Å². The van der Waals surface area contributed by atoms with Crippen LogP contribution in [0.25, 0.3) is 0 Å². The van der Waals surface area contributed by atoms with Crippen LogP contribution in [0.4, 0.5) is 5.69 Å². The number of rotatable bonds is 3. The molecule has 0 amide bonds. The van der Waals surface area contributed by atoms with E-state index >= 15 is 0 Å². The third-order valence-corrected chi connectivity index (χ3v) is 2.99. The summed E-state index contributed by atoms with van der Waals surface area (Å²) < 4.78 is 5.56. The lowest BCUT2D eigenvalue weighted by atomic mass is 10.3. The molecule has 1 heterocycles. The molecule has 0 unspecified atom stereocenters. The van der Waals surface area contributed by atoms with Gasteiger partial charge in [0.1, 0.15) is 6.61 Å². The summed E-state index contributed by atoms with van der Waals surface area (Å²) in [6.07, 6.45) is 0. The maximum absolute atomic E-state index is 5.97. The molecule has 0 aliphatic rings. The molecule has 4 heteroatoms. The Balaban J connectivity index is 2.11. The van der Waals surface area contributed by atoms with Gasteiger partial charge in [0.05, 0.1) is 10.7 Å². The van der Waals surface area contributed by atoms with E-state index in [1.807, 2.05) is 16.8 Å². The Morgan fingerprint density at radius 1 is 1.33 bits per heavy atom. The summed E-state index contributed by atoms with van der Waals surface area (Å²) in [5, 5.41) is 4.59. The minimum absolute atomic E-state index is 0.497. The zero-order valence-corrected chi connectivity index (χ0v) is 9.52. The van der Waals surface area contributed by atoms with Crippen molar-refractivity contribution >= 4 is 28.6 Å². The van der Waals surface area contributed by atoms with Crippen LogP contribution in [0.5, 0.6) is 5.75 Å². The highest BCUT2D eigenvalue weighted by atomic mass is 35.5. The summed E-state index contributed by atoms with van der Waals surface area (Å²) >= 11 is 7.61. The molecule has 0 saturated heterocycles. The monoisotopic (exact) mass is 239 g/mol. The second kappa shape index (κ2) is 4.55. The van der Waals surface area contributed by atoms with Gasteiger partial charge in [-0.05, 0) is 34.5 Å². The summed E-state index contributed by atoms with van der Waals surface area (Å²) in [5.74, 6) is 0.561. The predicted molar refractivity (Wildman–Crippen MR) is 64.5 cm³/mol. The molecule has 78 valence electrons. The van der Waals surface area contributed by atoms with Crippen LogP contribution in [0.3, 0.4) is 0 Å². The van der Waals surface area contributed by atoms with Crippen LogP contribution in [0.15, 0.2) is 35.0 Å². The molecule has 2 nitrogen and oxygen atoms in total. The number of hydrogen-bond acceptors (Lipinski definition) is 3. The number of para-hydroxylation sites is 1. The van der Waals surface area contributed by atoms with Crippen LogP contribution in [-0.4, -0.2) is 0 Å². The van der Waals surface area contributed by atoms with Crippen molar-refractivity contribution in [1.82, 2.24) is 0 Å². The molecular weight excluding hydrogens is 230 g/mol. The van der Waals surface area contributed by atoms with Crippen molar-refractivity contribution in [2.45, 2.75) is 6.61 Å². The number of anilines is 1. The van der Waals surface area contributed by atoms with Crippen LogP contribution in [0, 0.1) is 0 Å². The minimum Gasteiger partial charge on any atom is -0.485 e. The maximum atomic E-state index is 5.97. The van der Waals surface area contributed by atoms with Gasteiger partial charge in [0.2, 0.25) is 0 Å². The molecule has 0 radical (unpaired) electrons. The lowest BCUT2D eigenvalue weighted by Crippen LogP contribution is -1.98. The topological polar surface area (TPSA) is 35.2 Å². The largest absolute Gasteiger partial charge is 0.485 e. The summed E-state index contributed by atoms with van der Waals surface area (Å²) in [7, 11) is 0. The second-order valence-electron chi connectivity index (χ2n) is 3.08. The molecular formula is C11H10ClNOS. The zero-order valence-electron chi connectivity index (χ0n) is 7.94. The first-order chi connectivity index (χ1) is 7.27. The summed E-state index contributed by atoms with van der Waals surface area (Å²) in [6.45, 7) is 0.497. The van der Waals surface area contributed by atoms with Crippen molar-refractivity contribution in [3.8, 4) is 5.75 Å². The van der Waals surface area contributed by atoms with Crippen molar-refractivity contribution < 1.29 is 4.74 Å². The number of thiophene rings is 1. The molecule has 0 aliphatic heterocycles. The maximum Gasteiger partial charge on any atom is 0.161 e. The van der Waals surface area contributed by atoms with Gasteiger partial charge in [-0.1, -0.05) is 17.7 Å². The van der Waals surface area contributed by atoms with E-state index in [0.717, 1.165) is 5.56 Å². The minimum atomic E-state index is 0.497. The lowest BCUT2D eigenvalue weighted by Gasteiger charge is -2.09. The van der Waals surface area contributed by atoms with Crippen LogP contribution >= 0.6 is 22.9 Å². The molecule has 0 bridgehead atoms. The van der Waals surface area contributed by atoms with Gasteiger partial charge in [0, 0.05) is 0 Å². The van der Waals surface area contributed by atoms with E-state index in [-0.39, 0.29) is 0 Å². The fourth-order valence-corrected chi connectivity index (χ4v) is 2.10. The van der Waals surface area contributed by atoms with Gasteiger partial charge in [-0.2, -0.15) is 11.3 Å². The highest BCUT2D eigenvalue weighted by Gasteiger charge is 2.05. The molecule has 1 aromatic carbocycles. The molecule has 2 aromatic rings. The summed E-state index contributed by atoms with van der Waals surface area (Å²) in [5.41, 5.74) is 7.45. The molecule has 15 heavy (non-hydrogen) atoms. The molecule has 0 saturated carbocycles. The van der Waals surface area contributed by atoms with E-state index in [0.29, 0.717) is 23.1 Å². The van der Waals surface area contributed by atoms with Gasteiger partial charge in [-0.3, -0.25) is 0 Å². The van der Waals surface area contributed by atoms with E-state index in [1.165, 1.54) is 0 Å². The number of hydrogen-bond donors (Lipinski definition) is 1. The Morgan fingerprint density at radius 2 is 2.20 bits per heavy atom. The highest BCUT2D eigenvalue weighted by Crippen LogP contribution is 2.31. The molecule has 0 fully saturated rings. The number of nitrogen functional groups attached to an aromatic ring is 1. The summed E-state index contributed by atoms with van der Waals surface area (Å²) in [6, 6.07) is 7.35. The molecule has 0 atom stereocenters. The number of nitrogens with two attached hydrogens (primary N) is 1. The highest BCUT2D eigenvalue weighted by molar-refractivity contribution is 7.07. The average Bonchev–Trinajstić information content (AvgIpc) is 2.70. The van der Waals surface area contributed by atoms with Gasteiger partial charge in [0.15, 0.2) is 5.75 Å². The first-order valence-electron chi connectivity index (χ1n) is 4.45. The van der Waals surface area contributed by atoms with Crippen LogP contribution < -0.4 is 10.5 Å². The van der Waals surface area contributed by atoms with E-state index in [2.05, 4.69) is 0 Å². The van der Waals surface area contributed by atoms with Crippen molar-refractivity contribution in [3.63, 3.8) is 0 Å². The third-order valence-electron chi connectivity index (χ3n) is 1.96. The molecule has 2 N–H and O–H groups in total. The summed E-state index contributed by atoms with van der Waals surface area (Å²) in [4.78, 5) is 0. The van der Waals surface area contributed by atoms with Crippen LogP contribution in [-0.2, 0) is 6.61 Å². The van der Waals surface area contributed by atoms with Gasteiger partial charge in [0.25, 0.3) is 0 Å². The lowest BCUT2D eigenvalue weighted by molar-refractivity contribution is 0.308. The van der Waals surface area contributed by atoms with Crippen molar-refractivity contribution in [2.75, 3.05) is 5.73 Å². The number of ether oxygens (including phenoxy) is 1. The Hall–Kier alpha value is -1.19. The SMILES string of the molecule is Nc1cccc(Cl)c1OCc1ccsc1. The Morgan fingerprint density at radius 3 is 2.87 bits per heavy atom. The normalized spacial score (nSPS) is 10.2. The predicted octanol–water partition coefficient (Wildman–Crippen LogP) is 3.56. The van der Waals surface area contributed by atoms with Crippen LogP contribution in [0.2, 0.25) is 5.02 Å². The van der Waals surface area contributed by atoms with Gasteiger partial charge < -0.3 is 10.5 Å². The van der Waals surface area contributed by atoms with Crippen molar-refractivity contribution in [1.29, 1.82) is 0 Å².